The first-order valence-corrected chi connectivity index (χ1v) is 5.29. The van der Waals surface area contributed by atoms with E-state index in [2.05, 4.69) is 13.0 Å². The molecule has 2 heteroatoms. The van der Waals surface area contributed by atoms with Gasteiger partial charge in [-0.15, -0.1) is 23.2 Å². The zero-order chi connectivity index (χ0) is 10.0. The molecule has 0 aliphatic heterocycles. The summed E-state index contributed by atoms with van der Waals surface area (Å²) in [6, 6.07) is 6.13. The molecule has 72 valence electrons. The molecule has 0 spiro atoms. The van der Waals surface area contributed by atoms with Crippen LogP contribution in [0.1, 0.15) is 41.3 Å². The third kappa shape index (κ3) is 2.38. The molecule has 0 aliphatic rings. The minimum Gasteiger partial charge on any atom is -0.118 e. The number of hydrogen-bond donors (Lipinski definition) is 0. The van der Waals surface area contributed by atoms with Gasteiger partial charge in [-0.05, 0) is 37.5 Å². The Hall–Kier alpha value is -0.200. The van der Waals surface area contributed by atoms with E-state index in [0.29, 0.717) is 0 Å². The molecule has 0 aromatic heterocycles. The zero-order valence-electron chi connectivity index (χ0n) is 8.14. The van der Waals surface area contributed by atoms with Crippen molar-refractivity contribution in [1.82, 2.24) is 0 Å². The van der Waals surface area contributed by atoms with Gasteiger partial charge in [0.2, 0.25) is 0 Å². The number of rotatable bonds is 2. The summed E-state index contributed by atoms with van der Waals surface area (Å²) in [4.78, 5) is 0. The van der Waals surface area contributed by atoms with E-state index >= 15 is 0 Å². The summed E-state index contributed by atoms with van der Waals surface area (Å²) in [5.74, 6) is 0. The van der Waals surface area contributed by atoms with Crippen molar-refractivity contribution in [2.24, 2.45) is 0 Å². The van der Waals surface area contributed by atoms with Gasteiger partial charge < -0.3 is 0 Å². The molecule has 0 bridgehead atoms. The van der Waals surface area contributed by atoms with Crippen LogP contribution in [-0.4, -0.2) is 0 Å². The SMILES string of the molecule is Cc1cccc(C(C)Cl)c1C(C)Cl. The Morgan fingerprint density at radius 1 is 1.08 bits per heavy atom. The highest BCUT2D eigenvalue weighted by atomic mass is 35.5. The van der Waals surface area contributed by atoms with Gasteiger partial charge in [0.1, 0.15) is 0 Å². The van der Waals surface area contributed by atoms with Gasteiger partial charge in [-0.25, -0.2) is 0 Å². The standard InChI is InChI=1S/C11H14Cl2/c1-7-5-4-6-10(8(2)12)11(7)9(3)13/h4-6,8-9H,1-3H3. The van der Waals surface area contributed by atoms with Crippen molar-refractivity contribution in [3.63, 3.8) is 0 Å². The average molecular weight is 217 g/mol. The molecule has 0 nitrogen and oxygen atoms in total. The lowest BCUT2D eigenvalue weighted by Gasteiger charge is -2.15. The first-order valence-electron chi connectivity index (χ1n) is 4.41. The van der Waals surface area contributed by atoms with Crippen LogP contribution >= 0.6 is 23.2 Å². The highest BCUT2D eigenvalue weighted by Gasteiger charge is 2.13. The molecule has 0 amide bonds. The monoisotopic (exact) mass is 216 g/mol. The molecule has 1 rings (SSSR count). The lowest BCUT2D eigenvalue weighted by atomic mass is 9.98. The van der Waals surface area contributed by atoms with E-state index in [4.69, 9.17) is 23.2 Å². The van der Waals surface area contributed by atoms with Crippen LogP contribution in [0.3, 0.4) is 0 Å². The molecule has 0 saturated heterocycles. The number of hydrogen-bond acceptors (Lipinski definition) is 0. The van der Waals surface area contributed by atoms with E-state index in [1.54, 1.807) is 0 Å². The van der Waals surface area contributed by atoms with E-state index < -0.39 is 0 Å². The Morgan fingerprint density at radius 3 is 2.08 bits per heavy atom. The van der Waals surface area contributed by atoms with E-state index in [9.17, 15) is 0 Å². The smallest absolute Gasteiger partial charge is 0.0562 e. The van der Waals surface area contributed by atoms with Crippen molar-refractivity contribution in [2.45, 2.75) is 31.5 Å². The van der Waals surface area contributed by atoms with Crippen LogP contribution < -0.4 is 0 Å². The number of benzene rings is 1. The summed E-state index contributed by atoms with van der Waals surface area (Å²) in [7, 11) is 0. The molecule has 0 saturated carbocycles. The third-order valence-electron chi connectivity index (χ3n) is 2.18. The van der Waals surface area contributed by atoms with E-state index in [1.807, 2.05) is 26.0 Å². The van der Waals surface area contributed by atoms with Gasteiger partial charge in [0.15, 0.2) is 0 Å². The van der Waals surface area contributed by atoms with Crippen molar-refractivity contribution in [2.75, 3.05) is 0 Å². The lowest BCUT2D eigenvalue weighted by molar-refractivity contribution is 0.970. The second-order valence-corrected chi connectivity index (χ2v) is 4.62. The third-order valence-corrected chi connectivity index (χ3v) is 2.64. The highest BCUT2D eigenvalue weighted by molar-refractivity contribution is 6.22. The van der Waals surface area contributed by atoms with Crippen LogP contribution in [0, 0.1) is 6.92 Å². The quantitative estimate of drug-likeness (QED) is 0.635. The summed E-state index contributed by atoms with van der Waals surface area (Å²) in [6.45, 7) is 6.02. The van der Waals surface area contributed by atoms with Crippen LogP contribution in [0.25, 0.3) is 0 Å². The van der Waals surface area contributed by atoms with Gasteiger partial charge in [0.25, 0.3) is 0 Å². The summed E-state index contributed by atoms with van der Waals surface area (Å²) in [5, 5.41) is 0.0495. The molecular formula is C11H14Cl2. The van der Waals surface area contributed by atoms with Gasteiger partial charge in [0, 0.05) is 0 Å². The van der Waals surface area contributed by atoms with E-state index in [0.717, 1.165) is 5.56 Å². The highest BCUT2D eigenvalue weighted by Crippen LogP contribution is 2.32. The van der Waals surface area contributed by atoms with Crippen LogP contribution in [0.5, 0.6) is 0 Å². The number of halogens is 2. The largest absolute Gasteiger partial charge is 0.118 e. The fraction of sp³-hybridized carbons (Fsp3) is 0.455. The maximum Gasteiger partial charge on any atom is 0.0562 e. The molecule has 2 unspecified atom stereocenters. The second kappa shape index (κ2) is 4.34. The van der Waals surface area contributed by atoms with Gasteiger partial charge in [-0.3, -0.25) is 0 Å². The summed E-state index contributed by atoms with van der Waals surface area (Å²) in [6.07, 6.45) is 0. The zero-order valence-corrected chi connectivity index (χ0v) is 9.65. The van der Waals surface area contributed by atoms with Gasteiger partial charge in [-0.1, -0.05) is 18.2 Å². The van der Waals surface area contributed by atoms with Crippen molar-refractivity contribution < 1.29 is 0 Å². The first-order chi connectivity index (χ1) is 6.04. The first kappa shape index (κ1) is 10.9. The molecule has 1 aromatic carbocycles. The molecule has 0 aliphatic carbocycles. The maximum absolute atomic E-state index is 6.10. The van der Waals surface area contributed by atoms with Crippen molar-refractivity contribution in [3.05, 3.63) is 34.9 Å². The van der Waals surface area contributed by atoms with Gasteiger partial charge in [0.05, 0.1) is 10.8 Å². The van der Waals surface area contributed by atoms with Crippen molar-refractivity contribution in [3.8, 4) is 0 Å². The van der Waals surface area contributed by atoms with E-state index in [1.165, 1.54) is 11.1 Å². The fourth-order valence-corrected chi connectivity index (χ4v) is 2.08. The minimum atomic E-state index is 0.0242. The summed E-state index contributed by atoms with van der Waals surface area (Å²) < 4.78 is 0. The topological polar surface area (TPSA) is 0 Å². The predicted molar refractivity (Wildman–Crippen MR) is 59.7 cm³/mol. The van der Waals surface area contributed by atoms with Crippen LogP contribution in [0.15, 0.2) is 18.2 Å². The summed E-state index contributed by atoms with van der Waals surface area (Å²) in [5.41, 5.74) is 3.53. The van der Waals surface area contributed by atoms with Crippen LogP contribution in [-0.2, 0) is 0 Å². The molecule has 0 heterocycles. The molecular weight excluding hydrogens is 203 g/mol. The van der Waals surface area contributed by atoms with Gasteiger partial charge in [-0.2, -0.15) is 0 Å². The fourth-order valence-electron chi connectivity index (χ4n) is 1.59. The Labute approximate surface area is 89.9 Å². The van der Waals surface area contributed by atoms with Crippen LogP contribution in [0.4, 0.5) is 0 Å². The maximum atomic E-state index is 6.10. The number of alkyl halides is 2. The Balaban J connectivity index is 3.26. The van der Waals surface area contributed by atoms with Crippen molar-refractivity contribution in [1.29, 1.82) is 0 Å². The Morgan fingerprint density at radius 2 is 1.69 bits per heavy atom. The molecule has 0 N–H and O–H groups in total. The minimum absolute atomic E-state index is 0.0242. The molecule has 13 heavy (non-hydrogen) atoms. The molecule has 0 fully saturated rings. The normalized spacial score (nSPS) is 15.5. The Kier molecular flexibility index (Phi) is 3.63. The molecule has 0 radical (unpaired) electrons. The van der Waals surface area contributed by atoms with Crippen molar-refractivity contribution >= 4 is 23.2 Å². The lowest BCUT2D eigenvalue weighted by Crippen LogP contribution is -1.98. The average Bonchev–Trinajstić information content (AvgIpc) is 2.02. The second-order valence-electron chi connectivity index (χ2n) is 3.31. The van der Waals surface area contributed by atoms with Gasteiger partial charge >= 0.3 is 0 Å². The number of aryl methyl sites for hydroxylation is 1. The Bertz CT molecular complexity index is 290. The molecule has 2 atom stereocenters. The van der Waals surface area contributed by atoms with Crippen LogP contribution in [0.2, 0.25) is 0 Å². The van der Waals surface area contributed by atoms with E-state index in [-0.39, 0.29) is 10.8 Å². The molecule has 1 aromatic rings. The predicted octanol–water partition coefficient (Wildman–Crippen LogP) is 4.59. The summed E-state index contributed by atoms with van der Waals surface area (Å²) >= 11 is 12.2.